The molecule has 0 aliphatic heterocycles. The molecule has 0 atom stereocenters. The maximum atomic E-state index is 12.0. The number of benzene rings is 1. The minimum Gasteiger partial charge on any atom is -0.398 e. The van der Waals surface area contributed by atoms with E-state index >= 15 is 0 Å². The van der Waals surface area contributed by atoms with E-state index in [1.807, 2.05) is 0 Å². The number of nitrogens with one attached hydrogen (secondary N) is 1. The Morgan fingerprint density at radius 2 is 2.18 bits per heavy atom. The fourth-order valence-electron chi connectivity index (χ4n) is 1.33. The van der Waals surface area contributed by atoms with Crippen molar-refractivity contribution >= 4 is 27.3 Å². The Morgan fingerprint density at radius 3 is 2.76 bits per heavy atom. The first-order valence-electron chi connectivity index (χ1n) is 5.04. The summed E-state index contributed by atoms with van der Waals surface area (Å²) in [6, 6.07) is 2.92. The summed E-state index contributed by atoms with van der Waals surface area (Å²) in [5.74, 6) is 0. The van der Waals surface area contributed by atoms with Crippen LogP contribution in [0.2, 0.25) is 5.02 Å². The molecule has 0 aromatic heterocycles. The number of halogens is 1. The van der Waals surface area contributed by atoms with E-state index in [9.17, 15) is 8.42 Å². The van der Waals surface area contributed by atoms with Gasteiger partial charge in [0.2, 0.25) is 10.0 Å². The first-order valence-corrected chi connectivity index (χ1v) is 6.91. The molecule has 0 amide bonds. The van der Waals surface area contributed by atoms with E-state index < -0.39 is 10.0 Å². The van der Waals surface area contributed by atoms with Crippen LogP contribution in [-0.2, 0) is 10.0 Å². The van der Waals surface area contributed by atoms with Crippen LogP contribution in [0.15, 0.2) is 29.7 Å². The predicted octanol–water partition coefficient (Wildman–Crippen LogP) is 2.09. The molecular formula is C11H15ClN2O2S. The Labute approximate surface area is 107 Å². The Bertz CT molecular complexity index is 527. The second-order valence-electron chi connectivity index (χ2n) is 3.59. The summed E-state index contributed by atoms with van der Waals surface area (Å²) in [6.07, 6.45) is 2.20. The smallest absolute Gasteiger partial charge is 0.240 e. The lowest BCUT2D eigenvalue weighted by atomic mass is 10.2. The van der Waals surface area contributed by atoms with Gasteiger partial charge in [0.25, 0.3) is 0 Å². The van der Waals surface area contributed by atoms with Crippen molar-refractivity contribution in [3.8, 4) is 0 Å². The largest absolute Gasteiger partial charge is 0.398 e. The van der Waals surface area contributed by atoms with E-state index in [0.29, 0.717) is 29.2 Å². The summed E-state index contributed by atoms with van der Waals surface area (Å²) in [7, 11) is -3.57. The Kier molecular flexibility index (Phi) is 4.56. The van der Waals surface area contributed by atoms with Crippen LogP contribution in [-0.4, -0.2) is 15.0 Å². The van der Waals surface area contributed by atoms with Crippen molar-refractivity contribution in [1.82, 2.24) is 4.72 Å². The highest BCUT2D eigenvalue weighted by Gasteiger charge is 2.18. The van der Waals surface area contributed by atoms with Crippen molar-refractivity contribution in [2.24, 2.45) is 0 Å². The zero-order valence-corrected chi connectivity index (χ0v) is 11.1. The van der Waals surface area contributed by atoms with Gasteiger partial charge in [-0.25, -0.2) is 13.1 Å². The molecule has 1 rings (SSSR count). The molecule has 4 nitrogen and oxygen atoms in total. The van der Waals surface area contributed by atoms with Gasteiger partial charge in [0.05, 0.1) is 4.90 Å². The van der Waals surface area contributed by atoms with E-state index in [0.717, 1.165) is 0 Å². The Hall–Kier alpha value is -1.04. The quantitative estimate of drug-likeness (QED) is 0.491. The summed E-state index contributed by atoms with van der Waals surface area (Å²) in [4.78, 5) is 0.117. The van der Waals surface area contributed by atoms with Crippen LogP contribution < -0.4 is 10.5 Å². The van der Waals surface area contributed by atoms with Gasteiger partial charge >= 0.3 is 0 Å². The summed E-state index contributed by atoms with van der Waals surface area (Å²) < 4.78 is 26.4. The third-order valence-electron chi connectivity index (χ3n) is 2.30. The second-order valence-corrected chi connectivity index (χ2v) is 5.77. The average molecular weight is 275 g/mol. The lowest BCUT2D eigenvalue weighted by Crippen LogP contribution is -2.25. The van der Waals surface area contributed by atoms with Crippen LogP contribution >= 0.6 is 11.6 Å². The zero-order valence-electron chi connectivity index (χ0n) is 9.53. The van der Waals surface area contributed by atoms with Crippen molar-refractivity contribution in [2.45, 2.75) is 18.2 Å². The van der Waals surface area contributed by atoms with E-state index in [-0.39, 0.29) is 4.90 Å². The fraction of sp³-hybridized carbons (Fsp3) is 0.273. The number of sulfonamides is 1. The number of anilines is 1. The third-order valence-corrected chi connectivity index (χ3v) is 4.10. The Balaban J connectivity index is 3.10. The van der Waals surface area contributed by atoms with E-state index in [1.165, 1.54) is 12.1 Å². The lowest BCUT2D eigenvalue weighted by Gasteiger charge is -2.11. The second kappa shape index (κ2) is 5.53. The van der Waals surface area contributed by atoms with Crippen LogP contribution in [0.1, 0.15) is 12.0 Å². The first kappa shape index (κ1) is 14.0. The van der Waals surface area contributed by atoms with Gasteiger partial charge in [0.1, 0.15) is 0 Å². The molecule has 0 fully saturated rings. The van der Waals surface area contributed by atoms with Gasteiger partial charge in [0, 0.05) is 17.3 Å². The minimum atomic E-state index is -3.57. The molecule has 0 saturated heterocycles. The van der Waals surface area contributed by atoms with Crippen molar-refractivity contribution in [3.63, 3.8) is 0 Å². The molecule has 0 radical (unpaired) electrons. The molecule has 1 aromatic carbocycles. The monoisotopic (exact) mass is 274 g/mol. The zero-order chi connectivity index (χ0) is 13.1. The van der Waals surface area contributed by atoms with Gasteiger partial charge in [-0.2, -0.15) is 0 Å². The van der Waals surface area contributed by atoms with Crippen molar-refractivity contribution in [2.75, 3.05) is 12.3 Å². The predicted molar refractivity (Wildman–Crippen MR) is 70.6 cm³/mol. The third kappa shape index (κ3) is 3.46. The van der Waals surface area contributed by atoms with E-state index in [2.05, 4.69) is 11.3 Å². The highest BCUT2D eigenvalue weighted by molar-refractivity contribution is 7.89. The molecule has 3 N–H and O–H groups in total. The molecule has 94 valence electrons. The van der Waals surface area contributed by atoms with Crippen molar-refractivity contribution in [3.05, 3.63) is 35.4 Å². The molecule has 17 heavy (non-hydrogen) atoms. The minimum absolute atomic E-state index is 0.117. The molecule has 0 spiro atoms. The van der Waals surface area contributed by atoms with Gasteiger partial charge in [0.15, 0.2) is 0 Å². The molecule has 1 aromatic rings. The summed E-state index contributed by atoms with van der Waals surface area (Å²) in [6.45, 7) is 5.47. The maximum Gasteiger partial charge on any atom is 0.240 e. The van der Waals surface area contributed by atoms with Gasteiger partial charge in [-0.05, 0) is 31.0 Å². The van der Waals surface area contributed by atoms with E-state index in [4.69, 9.17) is 17.3 Å². The van der Waals surface area contributed by atoms with Crippen LogP contribution in [0.3, 0.4) is 0 Å². The molecule has 6 heteroatoms. The maximum absolute atomic E-state index is 12.0. The van der Waals surface area contributed by atoms with Crippen LogP contribution in [0.25, 0.3) is 0 Å². The Morgan fingerprint density at radius 1 is 1.53 bits per heavy atom. The number of nitrogen functional groups attached to an aromatic ring is 1. The molecule has 0 bridgehead atoms. The molecule has 0 unspecified atom stereocenters. The SMILES string of the molecule is C=CCCNS(=O)(=O)c1cc(Cl)cc(N)c1C. The number of hydrogen-bond acceptors (Lipinski definition) is 3. The van der Waals surface area contributed by atoms with E-state index in [1.54, 1.807) is 13.0 Å². The lowest BCUT2D eigenvalue weighted by molar-refractivity contribution is 0.581. The van der Waals surface area contributed by atoms with Gasteiger partial charge in [-0.3, -0.25) is 0 Å². The molecular weight excluding hydrogens is 260 g/mol. The number of nitrogens with two attached hydrogens (primary N) is 1. The van der Waals surface area contributed by atoms with Crippen molar-refractivity contribution in [1.29, 1.82) is 0 Å². The number of rotatable bonds is 5. The average Bonchev–Trinajstić information content (AvgIpc) is 2.23. The molecule has 0 aliphatic carbocycles. The highest BCUT2D eigenvalue weighted by Crippen LogP contribution is 2.25. The summed E-state index contributed by atoms with van der Waals surface area (Å²) >= 11 is 5.80. The topological polar surface area (TPSA) is 72.2 Å². The molecule has 0 heterocycles. The van der Waals surface area contributed by atoms with Gasteiger partial charge in [-0.1, -0.05) is 17.7 Å². The fourth-order valence-corrected chi connectivity index (χ4v) is 2.96. The highest BCUT2D eigenvalue weighted by atomic mass is 35.5. The first-order chi connectivity index (χ1) is 7.88. The molecule has 0 aliphatic rings. The van der Waals surface area contributed by atoms with Crippen LogP contribution in [0.5, 0.6) is 0 Å². The summed E-state index contributed by atoms with van der Waals surface area (Å²) in [5.41, 5.74) is 6.54. The van der Waals surface area contributed by atoms with Crippen molar-refractivity contribution < 1.29 is 8.42 Å². The van der Waals surface area contributed by atoms with Gasteiger partial charge in [-0.15, -0.1) is 6.58 Å². The number of hydrogen-bond donors (Lipinski definition) is 2. The van der Waals surface area contributed by atoms with Crippen LogP contribution in [0.4, 0.5) is 5.69 Å². The normalized spacial score (nSPS) is 11.4. The molecule has 0 saturated carbocycles. The van der Waals surface area contributed by atoms with Crippen LogP contribution in [0, 0.1) is 6.92 Å². The van der Waals surface area contributed by atoms with Gasteiger partial charge < -0.3 is 5.73 Å². The standard InChI is InChI=1S/C11H15ClN2O2S/c1-3-4-5-14-17(15,16)11-7-9(12)6-10(13)8(11)2/h3,6-7,14H,1,4-5,13H2,2H3. The summed E-state index contributed by atoms with van der Waals surface area (Å²) in [5, 5.41) is 0.303.